The summed E-state index contributed by atoms with van der Waals surface area (Å²) in [4.78, 5) is 22.0. The van der Waals surface area contributed by atoms with Crippen LogP contribution in [0.2, 0.25) is 0 Å². The molecule has 0 bridgehead atoms. The van der Waals surface area contributed by atoms with Gasteiger partial charge in [-0.15, -0.1) is 0 Å². The molecule has 1 atom stereocenters. The fraction of sp³-hybridized carbons (Fsp3) is 0.520. The molecule has 186 valence electrons. The van der Waals surface area contributed by atoms with Crippen molar-refractivity contribution in [3.8, 4) is 11.9 Å². The quantitative estimate of drug-likeness (QED) is 0.541. The van der Waals surface area contributed by atoms with Gasteiger partial charge in [0.1, 0.15) is 11.9 Å². The predicted octanol–water partition coefficient (Wildman–Crippen LogP) is 4.49. The van der Waals surface area contributed by atoms with Crippen molar-refractivity contribution in [2.24, 2.45) is 0 Å². The molecule has 2 saturated heterocycles. The summed E-state index contributed by atoms with van der Waals surface area (Å²) in [7, 11) is 0. The highest BCUT2D eigenvalue weighted by Gasteiger charge is 2.38. The number of ketones is 1. The van der Waals surface area contributed by atoms with E-state index in [9.17, 15) is 18.0 Å². The van der Waals surface area contributed by atoms with Gasteiger partial charge in [-0.25, -0.2) is 4.98 Å². The molecule has 7 nitrogen and oxygen atoms in total. The van der Waals surface area contributed by atoms with Gasteiger partial charge in [-0.1, -0.05) is 12.1 Å². The molecule has 0 saturated carbocycles. The summed E-state index contributed by atoms with van der Waals surface area (Å²) >= 11 is 0. The number of Topliss-reactive ketones (excluding diaryl/α,β-unsaturated/α-hetero) is 1. The van der Waals surface area contributed by atoms with Gasteiger partial charge >= 0.3 is 6.18 Å². The van der Waals surface area contributed by atoms with E-state index in [1.54, 1.807) is 17.0 Å². The summed E-state index contributed by atoms with van der Waals surface area (Å²) < 4.78 is 51.7. The zero-order valence-electron chi connectivity index (χ0n) is 19.3. The SMILES string of the molecule is N#Cc1ccc(CCCC(=O)[C@@H]2CCCN2c2cc(OC3CCOCC3)nc(C(F)(F)F)n2)cc1. The second-order valence-electron chi connectivity index (χ2n) is 8.80. The lowest BCUT2D eigenvalue weighted by molar-refractivity contribution is -0.145. The molecule has 0 N–H and O–H groups in total. The highest BCUT2D eigenvalue weighted by atomic mass is 19.4. The van der Waals surface area contributed by atoms with E-state index >= 15 is 0 Å². The predicted molar refractivity (Wildman–Crippen MR) is 121 cm³/mol. The van der Waals surface area contributed by atoms with Crippen LogP contribution in [-0.2, 0) is 22.1 Å². The number of aromatic nitrogens is 2. The maximum atomic E-state index is 13.5. The second kappa shape index (κ2) is 11.0. The Bertz CT molecular complexity index is 1060. The number of ether oxygens (including phenoxy) is 2. The number of nitriles is 1. The number of hydrogen-bond acceptors (Lipinski definition) is 7. The van der Waals surface area contributed by atoms with Gasteiger partial charge < -0.3 is 14.4 Å². The van der Waals surface area contributed by atoms with Crippen molar-refractivity contribution in [3.63, 3.8) is 0 Å². The average molecular weight is 489 g/mol. The molecule has 0 spiro atoms. The standard InChI is InChI=1S/C25H27F3N4O3/c26-25(27,28)24-30-22(15-23(31-24)35-19-10-13-34-14-11-19)32-12-2-4-20(32)21(33)5-1-3-17-6-8-18(16-29)9-7-17/h6-9,15,19-20H,1-5,10-14H2/t20-/m0/s1. The first-order valence-corrected chi connectivity index (χ1v) is 11.8. The number of carbonyl (C=O) groups is 1. The van der Waals surface area contributed by atoms with Gasteiger partial charge in [0.15, 0.2) is 5.78 Å². The van der Waals surface area contributed by atoms with Gasteiger partial charge in [-0.3, -0.25) is 4.79 Å². The maximum Gasteiger partial charge on any atom is 0.451 e. The molecule has 35 heavy (non-hydrogen) atoms. The van der Waals surface area contributed by atoms with Gasteiger partial charge in [0.25, 0.3) is 0 Å². The lowest BCUT2D eigenvalue weighted by Gasteiger charge is -2.27. The Morgan fingerprint density at radius 1 is 1.17 bits per heavy atom. The summed E-state index contributed by atoms with van der Waals surface area (Å²) in [6.45, 7) is 1.41. The zero-order valence-corrected chi connectivity index (χ0v) is 19.3. The fourth-order valence-corrected chi connectivity index (χ4v) is 4.47. The molecular weight excluding hydrogens is 461 g/mol. The lowest BCUT2D eigenvalue weighted by Crippen LogP contribution is -2.37. The van der Waals surface area contributed by atoms with E-state index in [1.165, 1.54) is 6.07 Å². The third-order valence-corrected chi connectivity index (χ3v) is 6.29. The topological polar surface area (TPSA) is 88.3 Å². The first-order chi connectivity index (χ1) is 16.8. The summed E-state index contributed by atoms with van der Waals surface area (Å²) in [6.07, 6.45) is -0.997. The van der Waals surface area contributed by atoms with Crippen LogP contribution < -0.4 is 9.64 Å². The first-order valence-electron chi connectivity index (χ1n) is 11.8. The molecule has 2 fully saturated rings. The van der Waals surface area contributed by atoms with Crippen LogP contribution in [0.1, 0.15) is 55.5 Å². The highest BCUT2D eigenvalue weighted by molar-refractivity contribution is 5.87. The van der Waals surface area contributed by atoms with Crippen molar-refractivity contribution in [1.82, 2.24) is 9.97 Å². The summed E-state index contributed by atoms with van der Waals surface area (Å²) in [5, 5.41) is 8.89. The minimum absolute atomic E-state index is 0.0183. The summed E-state index contributed by atoms with van der Waals surface area (Å²) in [6, 6.07) is 10.2. The Balaban J connectivity index is 1.45. The van der Waals surface area contributed by atoms with E-state index in [2.05, 4.69) is 16.0 Å². The van der Waals surface area contributed by atoms with E-state index in [4.69, 9.17) is 14.7 Å². The van der Waals surface area contributed by atoms with E-state index < -0.39 is 18.0 Å². The number of anilines is 1. The Morgan fingerprint density at radius 3 is 2.60 bits per heavy atom. The van der Waals surface area contributed by atoms with Gasteiger partial charge in [0.2, 0.25) is 11.7 Å². The van der Waals surface area contributed by atoms with Crippen LogP contribution in [0.15, 0.2) is 30.3 Å². The fourth-order valence-electron chi connectivity index (χ4n) is 4.47. The van der Waals surface area contributed by atoms with Gasteiger partial charge in [-0.2, -0.15) is 23.4 Å². The van der Waals surface area contributed by atoms with Crippen LogP contribution in [0.3, 0.4) is 0 Å². The van der Waals surface area contributed by atoms with Crippen LogP contribution in [0, 0.1) is 11.3 Å². The molecule has 4 rings (SSSR count). The number of benzene rings is 1. The molecule has 3 heterocycles. The Labute approximate surface area is 201 Å². The molecule has 2 aliphatic rings. The minimum Gasteiger partial charge on any atom is -0.474 e. The molecule has 2 aliphatic heterocycles. The Kier molecular flexibility index (Phi) is 7.86. The lowest BCUT2D eigenvalue weighted by atomic mass is 10.0. The Hall–Kier alpha value is -3.19. The van der Waals surface area contributed by atoms with Crippen LogP contribution in [0.25, 0.3) is 0 Å². The normalized spacial score (nSPS) is 18.9. The highest BCUT2D eigenvalue weighted by Crippen LogP contribution is 2.33. The number of hydrogen-bond donors (Lipinski definition) is 0. The van der Waals surface area contributed by atoms with Crippen molar-refractivity contribution in [1.29, 1.82) is 5.26 Å². The molecule has 2 aromatic rings. The molecule has 10 heteroatoms. The zero-order chi connectivity index (χ0) is 24.8. The van der Waals surface area contributed by atoms with Crippen LogP contribution in [0.4, 0.5) is 19.0 Å². The van der Waals surface area contributed by atoms with E-state index in [0.717, 1.165) is 5.56 Å². The molecule has 1 aromatic heterocycles. The molecule has 0 radical (unpaired) electrons. The maximum absolute atomic E-state index is 13.5. The van der Waals surface area contributed by atoms with Crippen molar-refractivity contribution in [2.45, 2.75) is 63.3 Å². The summed E-state index contributed by atoms with van der Waals surface area (Å²) in [5.41, 5.74) is 1.61. The first kappa shape index (κ1) is 24.9. The van der Waals surface area contributed by atoms with Gasteiger partial charge in [0.05, 0.1) is 30.9 Å². The van der Waals surface area contributed by atoms with Crippen LogP contribution >= 0.6 is 0 Å². The van der Waals surface area contributed by atoms with Gasteiger partial charge in [0, 0.05) is 31.9 Å². The molecule has 0 aliphatic carbocycles. The number of carbonyl (C=O) groups excluding carboxylic acids is 1. The average Bonchev–Trinajstić information content (AvgIpc) is 3.35. The van der Waals surface area contributed by atoms with Crippen molar-refractivity contribution >= 4 is 11.6 Å². The molecule has 0 amide bonds. The van der Waals surface area contributed by atoms with Gasteiger partial charge in [-0.05, 0) is 43.4 Å². The van der Waals surface area contributed by atoms with Crippen LogP contribution in [-0.4, -0.2) is 47.7 Å². The monoisotopic (exact) mass is 488 g/mol. The van der Waals surface area contributed by atoms with Crippen molar-refractivity contribution < 1.29 is 27.4 Å². The number of rotatable bonds is 8. The second-order valence-corrected chi connectivity index (χ2v) is 8.80. The van der Waals surface area contributed by atoms with E-state index in [-0.39, 0.29) is 23.6 Å². The number of alkyl halides is 3. The number of halogens is 3. The number of aryl methyl sites for hydroxylation is 1. The van der Waals surface area contributed by atoms with Crippen molar-refractivity contribution in [2.75, 3.05) is 24.7 Å². The molecule has 0 unspecified atom stereocenters. The largest absolute Gasteiger partial charge is 0.474 e. The molecule has 1 aromatic carbocycles. The Morgan fingerprint density at radius 2 is 1.91 bits per heavy atom. The molecular formula is C25H27F3N4O3. The third kappa shape index (κ3) is 6.48. The van der Waals surface area contributed by atoms with E-state index in [0.29, 0.717) is 70.3 Å². The van der Waals surface area contributed by atoms with Crippen molar-refractivity contribution in [3.05, 3.63) is 47.3 Å². The third-order valence-electron chi connectivity index (χ3n) is 6.29. The minimum atomic E-state index is -4.73. The number of nitrogens with zero attached hydrogens (tertiary/aromatic N) is 4. The van der Waals surface area contributed by atoms with E-state index in [1.807, 2.05) is 12.1 Å². The smallest absolute Gasteiger partial charge is 0.451 e. The summed E-state index contributed by atoms with van der Waals surface area (Å²) in [5.74, 6) is -1.35. The van der Waals surface area contributed by atoms with Crippen LogP contribution in [0.5, 0.6) is 5.88 Å².